The molecule has 0 atom stereocenters. The third-order valence-electron chi connectivity index (χ3n) is 4.47. The minimum atomic E-state index is -0.148. The SMILES string of the molecule is CN(C)c1ccc(NC(=O)NCC2(c3ccccc3)CC2)cc1. The summed E-state index contributed by atoms with van der Waals surface area (Å²) in [4.78, 5) is 14.1. The quantitative estimate of drug-likeness (QED) is 0.886. The monoisotopic (exact) mass is 309 g/mol. The molecule has 0 aliphatic heterocycles. The zero-order valence-corrected chi connectivity index (χ0v) is 13.7. The van der Waals surface area contributed by atoms with Crippen molar-refractivity contribution in [3.63, 3.8) is 0 Å². The highest BCUT2D eigenvalue weighted by atomic mass is 16.2. The van der Waals surface area contributed by atoms with Gasteiger partial charge in [0.15, 0.2) is 0 Å². The van der Waals surface area contributed by atoms with Crippen LogP contribution in [0.4, 0.5) is 16.2 Å². The molecule has 4 heteroatoms. The van der Waals surface area contributed by atoms with E-state index in [1.807, 2.05) is 49.3 Å². The van der Waals surface area contributed by atoms with Gasteiger partial charge in [-0.05, 0) is 42.7 Å². The minimum absolute atomic E-state index is 0.132. The van der Waals surface area contributed by atoms with Crippen LogP contribution in [-0.2, 0) is 5.41 Å². The molecule has 0 saturated heterocycles. The Morgan fingerprint density at radius 1 is 1.04 bits per heavy atom. The van der Waals surface area contributed by atoms with Gasteiger partial charge in [0.1, 0.15) is 0 Å². The van der Waals surface area contributed by atoms with Crippen LogP contribution in [0, 0.1) is 0 Å². The van der Waals surface area contributed by atoms with E-state index in [2.05, 4.69) is 34.9 Å². The van der Waals surface area contributed by atoms with Gasteiger partial charge in [0.2, 0.25) is 0 Å². The third-order valence-corrected chi connectivity index (χ3v) is 4.47. The van der Waals surface area contributed by atoms with Crippen LogP contribution in [0.15, 0.2) is 54.6 Å². The Hall–Kier alpha value is -2.49. The van der Waals surface area contributed by atoms with Crippen molar-refractivity contribution >= 4 is 17.4 Å². The summed E-state index contributed by atoms with van der Waals surface area (Å²) in [6, 6.07) is 18.1. The van der Waals surface area contributed by atoms with E-state index in [1.165, 1.54) is 5.56 Å². The standard InChI is InChI=1S/C19H23N3O/c1-22(2)17-10-8-16(9-11-17)21-18(23)20-14-19(12-13-19)15-6-4-3-5-7-15/h3-11H,12-14H2,1-2H3,(H2,20,21,23). The van der Waals surface area contributed by atoms with Gasteiger partial charge in [0.25, 0.3) is 0 Å². The number of benzene rings is 2. The van der Waals surface area contributed by atoms with Crippen molar-refractivity contribution in [2.24, 2.45) is 0 Å². The van der Waals surface area contributed by atoms with Gasteiger partial charge >= 0.3 is 6.03 Å². The van der Waals surface area contributed by atoms with Crippen molar-refractivity contribution in [2.75, 3.05) is 30.9 Å². The predicted octanol–water partition coefficient (Wildman–Crippen LogP) is 3.61. The van der Waals surface area contributed by atoms with E-state index in [-0.39, 0.29) is 11.4 Å². The van der Waals surface area contributed by atoms with Crippen LogP contribution in [0.5, 0.6) is 0 Å². The maximum absolute atomic E-state index is 12.1. The third kappa shape index (κ3) is 3.65. The van der Waals surface area contributed by atoms with Gasteiger partial charge in [0, 0.05) is 37.4 Å². The molecule has 1 aliphatic carbocycles. The van der Waals surface area contributed by atoms with E-state index < -0.39 is 0 Å². The van der Waals surface area contributed by atoms with E-state index in [4.69, 9.17) is 0 Å². The highest BCUT2D eigenvalue weighted by Crippen LogP contribution is 2.47. The molecule has 1 aliphatic rings. The predicted molar refractivity (Wildman–Crippen MR) is 95.1 cm³/mol. The van der Waals surface area contributed by atoms with Gasteiger partial charge in [-0.3, -0.25) is 0 Å². The second kappa shape index (κ2) is 6.32. The number of anilines is 2. The van der Waals surface area contributed by atoms with Crippen molar-refractivity contribution in [3.05, 3.63) is 60.2 Å². The highest BCUT2D eigenvalue weighted by Gasteiger charge is 2.44. The van der Waals surface area contributed by atoms with Crippen LogP contribution < -0.4 is 15.5 Å². The lowest BCUT2D eigenvalue weighted by Crippen LogP contribution is -2.35. The van der Waals surface area contributed by atoms with Crippen molar-refractivity contribution in [1.29, 1.82) is 0 Å². The molecule has 0 bridgehead atoms. The Kier molecular flexibility index (Phi) is 4.24. The minimum Gasteiger partial charge on any atom is -0.378 e. The molecule has 3 rings (SSSR count). The summed E-state index contributed by atoms with van der Waals surface area (Å²) in [7, 11) is 3.99. The molecular weight excluding hydrogens is 286 g/mol. The second-order valence-corrected chi connectivity index (χ2v) is 6.40. The number of carbonyl (C=O) groups is 1. The smallest absolute Gasteiger partial charge is 0.319 e. The lowest BCUT2D eigenvalue weighted by atomic mass is 9.96. The summed E-state index contributed by atoms with van der Waals surface area (Å²) in [5, 5.41) is 5.90. The van der Waals surface area contributed by atoms with Gasteiger partial charge in [-0.1, -0.05) is 30.3 Å². The average molecular weight is 309 g/mol. The number of rotatable bonds is 5. The molecule has 4 nitrogen and oxygen atoms in total. The fraction of sp³-hybridized carbons (Fsp3) is 0.316. The molecule has 0 unspecified atom stereocenters. The molecule has 0 radical (unpaired) electrons. The van der Waals surface area contributed by atoms with Crippen LogP contribution in [0.3, 0.4) is 0 Å². The Balaban J connectivity index is 1.54. The molecule has 2 aromatic rings. The molecule has 2 amide bonds. The first-order valence-electron chi connectivity index (χ1n) is 7.97. The molecule has 120 valence electrons. The van der Waals surface area contributed by atoms with Gasteiger partial charge in [0.05, 0.1) is 0 Å². The number of hydrogen-bond donors (Lipinski definition) is 2. The second-order valence-electron chi connectivity index (χ2n) is 6.40. The summed E-state index contributed by atoms with van der Waals surface area (Å²) in [5.41, 5.74) is 3.36. The van der Waals surface area contributed by atoms with Gasteiger partial charge in [-0.25, -0.2) is 4.79 Å². The van der Waals surface area contributed by atoms with Gasteiger partial charge in [-0.2, -0.15) is 0 Å². The Bertz CT molecular complexity index is 661. The molecular formula is C19H23N3O. The molecule has 2 aromatic carbocycles. The van der Waals surface area contributed by atoms with E-state index in [1.54, 1.807) is 0 Å². The lowest BCUT2D eigenvalue weighted by Gasteiger charge is -2.17. The Morgan fingerprint density at radius 3 is 2.26 bits per heavy atom. The number of carbonyl (C=O) groups excluding carboxylic acids is 1. The van der Waals surface area contributed by atoms with Gasteiger partial charge < -0.3 is 15.5 Å². The van der Waals surface area contributed by atoms with E-state index in [9.17, 15) is 4.79 Å². The van der Waals surface area contributed by atoms with Crippen LogP contribution in [-0.4, -0.2) is 26.7 Å². The van der Waals surface area contributed by atoms with Crippen molar-refractivity contribution in [1.82, 2.24) is 5.32 Å². The summed E-state index contributed by atoms with van der Waals surface area (Å²) in [5.74, 6) is 0. The fourth-order valence-electron chi connectivity index (χ4n) is 2.78. The molecule has 1 saturated carbocycles. The molecule has 0 spiro atoms. The molecule has 2 N–H and O–H groups in total. The number of urea groups is 1. The summed E-state index contributed by atoms with van der Waals surface area (Å²) in [6.07, 6.45) is 2.27. The number of nitrogens with one attached hydrogen (secondary N) is 2. The zero-order valence-electron chi connectivity index (χ0n) is 13.7. The topological polar surface area (TPSA) is 44.4 Å². The summed E-state index contributed by atoms with van der Waals surface area (Å²) >= 11 is 0. The Morgan fingerprint density at radius 2 is 1.70 bits per heavy atom. The van der Waals surface area contributed by atoms with E-state index >= 15 is 0 Å². The first-order chi connectivity index (χ1) is 11.1. The van der Waals surface area contributed by atoms with Crippen molar-refractivity contribution in [3.8, 4) is 0 Å². The molecule has 0 heterocycles. The van der Waals surface area contributed by atoms with Gasteiger partial charge in [-0.15, -0.1) is 0 Å². The number of nitrogens with zero attached hydrogens (tertiary/aromatic N) is 1. The normalized spacial score (nSPS) is 14.9. The van der Waals surface area contributed by atoms with E-state index in [0.717, 1.165) is 24.2 Å². The summed E-state index contributed by atoms with van der Waals surface area (Å²) < 4.78 is 0. The van der Waals surface area contributed by atoms with E-state index in [0.29, 0.717) is 6.54 Å². The van der Waals surface area contributed by atoms with Crippen LogP contribution in [0.25, 0.3) is 0 Å². The summed E-state index contributed by atoms with van der Waals surface area (Å²) in [6.45, 7) is 0.679. The molecule has 1 fully saturated rings. The fourth-order valence-corrected chi connectivity index (χ4v) is 2.78. The van der Waals surface area contributed by atoms with Crippen LogP contribution in [0.2, 0.25) is 0 Å². The lowest BCUT2D eigenvalue weighted by molar-refractivity contribution is 0.251. The number of hydrogen-bond acceptors (Lipinski definition) is 2. The Labute approximate surface area is 137 Å². The maximum atomic E-state index is 12.1. The van der Waals surface area contributed by atoms with Crippen molar-refractivity contribution in [2.45, 2.75) is 18.3 Å². The highest BCUT2D eigenvalue weighted by molar-refractivity contribution is 5.89. The molecule has 0 aromatic heterocycles. The van der Waals surface area contributed by atoms with Crippen molar-refractivity contribution < 1.29 is 4.79 Å². The van der Waals surface area contributed by atoms with Crippen LogP contribution >= 0.6 is 0 Å². The average Bonchev–Trinajstić information content (AvgIpc) is 3.36. The maximum Gasteiger partial charge on any atom is 0.319 e. The zero-order chi connectivity index (χ0) is 16.3. The number of amides is 2. The largest absolute Gasteiger partial charge is 0.378 e. The first kappa shape index (κ1) is 15.4. The molecule has 23 heavy (non-hydrogen) atoms. The van der Waals surface area contributed by atoms with Crippen LogP contribution in [0.1, 0.15) is 18.4 Å². The first-order valence-corrected chi connectivity index (χ1v) is 7.97.